The van der Waals surface area contributed by atoms with Gasteiger partial charge in [-0.15, -0.1) is 0 Å². The number of fused-ring (bicyclic) bond motifs is 8. The molecule has 4 nitrogen and oxygen atoms in total. The number of aromatic nitrogens is 4. The van der Waals surface area contributed by atoms with Crippen molar-refractivity contribution in [1.29, 1.82) is 0 Å². The molecule has 4 heterocycles. The Kier molecular flexibility index (Phi) is 23.2. The molecule has 16 aromatic rings. The van der Waals surface area contributed by atoms with E-state index in [2.05, 4.69) is 484 Å². The van der Waals surface area contributed by atoms with Crippen molar-refractivity contribution >= 4 is 0 Å². The first kappa shape index (κ1) is 83.5. The standard InChI is InChI=1S/C33H36N.C31H32N.C29H28N.C27H24N/c1-21(2)32-27-13-9-10-14-28(27)33(22(3)4)30-19-24(15-16-29(30)32)25-17-18-34(6)31(20-25)26-12-8-7-11-23(26)5;1-21-11-7-8-12-24(21)29-20-23(17-18-32(29)6)22-15-16-27-28(19-22)31(4,5)26-14-10-9-13-25(26)30(27,2)3;1-19-9-5-6-10-24(19)29-18-23(15-16-30(29)4)22-13-14-27-20(2)25-11-7-8-12-26(25)21(3)28(27)17-22;1-19-7-3-6-10-26(19)27-18-24(13-14-28(27)2)22-11-12-23-15-20-8-4-5-9-21(20)16-25(23)17-22/h7-22,32-33H,1-6H3;7-20H,1-6H3;5-18,20-21H,1-4H3;3-14,17-18H,15-16H2,1-2H3/q4*+1. The van der Waals surface area contributed by atoms with E-state index in [0.717, 1.165) is 12.8 Å². The second kappa shape index (κ2) is 34.5. The zero-order valence-corrected chi connectivity index (χ0v) is 76.0. The minimum absolute atomic E-state index is 0.00455. The Labute approximate surface area is 738 Å². The van der Waals surface area contributed by atoms with Crippen molar-refractivity contribution in [1.82, 2.24) is 0 Å². The van der Waals surface area contributed by atoms with Crippen molar-refractivity contribution in [3.8, 4) is 89.5 Å². The molecule has 4 atom stereocenters. The van der Waals surface area contributed by atoms with Gasteiger partial charge in [-0.2, -0.15) is 0 Å². The molecular formula is C120H120N4+4. The third-order valence-electron chi connectivity index (χ3n) is 28.0. The molecule has 0 saturated heterocycles. The van der Waals surface area contributed by atoms with E-state index in [4.69, 9.17) is 0 Å². The highest BCUT2D eigenvalue weighted by atomic mass is 14.9. The predicted molar refractivity (Wildman–Crippen MR) is 517 cm³/mol. The third-order valence-corrected chi connectivity index (χ3v) is 28.0. The lowest BCUT2D eigenvalue weighted by Crippen LogP contribution is -2.36. The lowest BCUT2D eigenvalue weighted by atomic mass is 9.60. The van der Waals surface area contributed by atoms with E-state index in [1.54, 1.807) is 0 Å². The van der Waals surface area contributed by atoms with Crippen LogP contribution >= 0.6 is 0 Å². The van der Waals surface area contributed by atoms with Gasteiger partial charge in [-0.3, -0.25) is 0 Å². The molecule has 4 aliphatic carbocycles. The van der Waals surface area contributed by atoms with Crippen LogP contribution in [0.4, 0.5) is 0 Å². The Balaban J connectivity index is 0.000000117. The molecule has 4 aliphatic rings. The highest BCUT2D eigenvalue weighted by molar-refractivity contribution is 5.78. The summed E-state index contributed by atoms with van der Waals surface area (Å²) in [6.45, 7) is 32.3. The second-order valence-electron chi connectivity index (χ2n) is 37.4. The van der Waals surface area contributed by atoms with Crippen molar-refractivity contribution < 1.29 is 18.3 Å². The number of benzene rings is 12. The Morgan fingerprint density at radius 3 is 0.935 bits per heavy atom. The molecule has 0 amide bonds. The topological polar surface area (TPSA) is 15.5 Å². The highest BCUT2D eigenvalue weighted by Crippen LogP contribution is 2.53. The van der Waals surface area contributed by atoms with Crippen LogP contribution in [0.3, 0.4) is 0 Å². The zero-order chi connectivity index (χ0) is 86.6. The fraction of sp³-hybridized carbons (Fsp3) is 0.233. The Bertz CT molecular complexity index is 6740. The van der Waals surface area contributed by atoms with Crippen molar-refractivity contribution in [2.24, 2.45) is 40.0 Å². The van der Waals surface area contributed by atoms with Gasteiger partial charge in [0, 0.05) is 105 Å². The summed E-state index contributed by atoms with van der Waals surface area (Å²) in [5, 5.41) is 0. The molecule has 0 aliphatic heterocycles. The summed E-state index contributed by atoms with van der Waals surface area (Å²) in [7, 11) is 8.51. The quantitative estimate of drug-likeness (QED) is 0.121. The number of hydrogen-bond acceptors (Lipinski definition) is 0. The molecular weight excluding hydrogens is 1500 g/mol. The lowest BCUT2D eigenvalue weighted by molar-refractivity contribution is -0.660. The van der Waals surface area contributed by atoms with Crippen LogP contribution in [-0.2, 0) is 51.9 Å². The normalized spacial score (nSPS) is 15.7. The summed E-state index contributed by atoms with van der Waals surface area (Å²) in [6.07, 6.45) is 10.8. The fourth-order valence-corrected chi connectivity index (χ4v) is 20.9. The molecule has 0 N–H and O–H groups in total. The Hall–Kier alpha value is -12.8. The summed E-state index contributed by atoms with van der Waals surface area (Å²) < 4.78 is 8.87. The maximum absolute atomic E-state index is 2.49. The van der Waals surface area contributed by atoms with E-state index in [1.807, 2.05) is 0 Å². The Morgan fingerprint density at radius 2 is 0.516 bits per heavy atom. The predicted octanol–water partition coefficient (Wildman–Crippen LogP) is 27.6. The second-order valence-corrected chi connectivity index (χ2v) is 37.4. The van der Waals surface area contributed by atoms with E-state index in [1.165, 1.54) is 201 Å². The first-order valence-electron chi connectivity index (χ1n) is 44.9. The summed E-state index contributed by atoms with van der Waals surface area (Å²) in [5.74, 6) is 2.84. The maximum Gasteiger partial charge on any atom is 0.213 e. The highest BCUT2D eigenvalue weighted by Gasteiger charge is 2.42. The number of hydrogen-bond donors (Lipinski definition) is 0. The first-order valence-corrected chi connectivity index (χ1v) is 44.9. The largest absolute Gasteiger partial charge is 0.213 e. The van der Waals surface area contributed by atoms with Gasteiger partial charge in [-0.1, -0.05) is 306 Å². The Morgan fingerprint density at radius 1 is 0.242 bits per heavy atom. The fourth-order valence-electron chi connectivity index (χ4n) is 20.9. The van der Waals surface area contributed by atoms with Gasteiger partial charge in [-0.25, -0.2) is 18.3 Å². The molecule has 4 aromatic heterocycles. The minimum Gasteiger partial charge on any atom is -0.201 e. The van der Waals surface area contributed by atoms with E-state index >= 15 is 0 Å². The summed E-state index contributed by atoms with van der Waals surface area (Å²) in [6, 6.07) is 117. The molecule has 0 radical (unpaired) electrons. The van der Waals surface area contributed by atoms with Crippen molar-refractivity contribution in [3.05, 3.63) is 452 Å². The number of aryl methyl sites for hydroxylation is 8. The lowest BCUT2D eigenvalue weighted by Gasteiger charge is -2.44. The van der Waals surface area contributed by atoms with Crippen LogP contribution in [0.5, 0.6) is 0 Å². The van der Waals surface area contributed by atoms with E-state index in [9.17, 15) is 0 Å². The van der Waals surface area contributed by atoms with E-state index < -0.39 is 0 Å². The van der Waals surface area contributed by atoms with Crippen LogP contribution in [0.2, 0.25) is 0 Å². The average Bonchev–Trinajstić information content (AvgIpc) is 0.715. The average molecular weight is 1620 g/mol. The van der Waals surface area contributed by atoms with Gasteiger partial charge in [0.1, 0.15) is 28.2 Å². The van der Waals surface area contributed by atoms with Gasteiger partial charge >= 0.3 is 0 Å². The molecule has 616 valence electrons. The SMILES string of the molecule is Cc1ccccc1-c1cc(-c2ccc3c(c2)C(C(C)C)c2ccccc2C3C(C)C)cc[n+]1C.Cc1ccccc1-c1cc(-c2ccc3c(c2)C(C)(C)c2ccccc2C3(C)C)cc[n+]1C.Cc1ccccc1-c1cc(-c2ccc3c(c2)C(C)c2ccccc2C3C)cc[n+]1C.Cc1ccccc1-c1cc(-c2ccc3c(c2)Cc2ccccc2C3)cc[n+]1C. The van der Waals surface area contributed by atoms with Gasteiger partial charge in [0.25, 0.3) is 0 Å². The molecule has 4 heteroatoms. The van der Waals surface area contributed by atoms with Crippen molar-refractivity contribution in [2.75, 3.05) is 0 Å². The monoisotopic (exact) mass is 1620 g/mol. The van der Waals surface area contributed by atoms with Crippen LogP contribution in [0, 0.1) is 39.5 Å². The third kappa shape index (κ3) is 16.0. The zero-order valence-electron chi connectivity index (χ0n) is 76.0. The maximum atomic E-state index is 2.49. The number of pyridine rings is 4. The molecule has 0 bridgehead atoms. The van der Waals surface area contributed by atoms with Crippen molar-refractivity contribution in [2.45, 2.75) is 144 Å². The van der Waals surface area contributed by atoms with Crippen molar-refractivity contribution in [3.63, 3.8) is 0 Å². The van der Waals surface area contributed by atoms with Crippen LogP contribution < -0.4 is 18.3 Å². The molecule has 20 rings (SSSR count). The minimum atomic E-state index is -0.0320. The first-order chi connectivity index (χ1) is 59.8. The number of rotatable bonds is 10. The molecule has 12 aromatic carbocycles. The summed E-state index contributed by atoms with van der Waals surface area (Å²) >= 11 is 0. The number of nitrogens with zero attached hydrogens (tertiary/aromatic N) is 4. The molecule has 0 saturated carbocycles. The summed E-state index contributed by atoms with van der Waals surface area (Å²) in [4.78, 5) is 0. The van der Waals surface area contributed by atoms with Gasteiger partial charge in [-0.05, 0) is 238 Å². The molecule has 0 fully saturated rings. The van der Waals surface area contributed by atoms with Crippen LogP contribution in [0.15, 0.2) is 340 Å². The van der Waals surface area contributed by atoms with Gasteiger partial charge < -0.3 is 0 Å². The molecule has 4 unspecified atom stereocenters. The van der Waals surface area contributed by atoms with Gasteiger partial charge in [0.05, 0.1) is 0 Å². The van der Waals surface area contributed by atoms with E-state index in [0.29, 0.717) is 35.5 Å². The smallest absolute Gasteiger partial charge is 0.201 e. The van der Waals surface area contributed by atoms with E-state index in [-0.39, 0.29) is 10.8 Å². The molecule has 124 heavy (non-hydrogen) atoms. The van der Waals surface area contributed by atoms with Crippen LogP contribution in [0.25, 0.3) is 89.5 Å². The summed E-state index contributed by atoms with van der Waals surface area (Å²) in [5.41, 5.74) is 49.1. The van der Waals surface area contributed by atoms with Crippen LogP contribution in [-0.4, -0.2) is 0 Å². The van der Waals surface area contributed by atoms with Crippen LogP contribution in [0.1, 0.15) is 204 Å². The van der Waals surface area contributed by atoms with Gasteiger partial charge in [0.2, 0.25) is 22.8 Å². The molecule has 0 spiro atoms. The van der Waals surface area contributed by atoms with Gasteiger partial charge in [0.15, 0.2) is 24.8 Å².